The van der Waals surface area contributed by atoms with E-state index in [9.17, 15) is 4.79 Å². The van der Waals surface area contributed by atoms with Gasteiger partial charge in [0.25, 0.3) is 0 Å². The molecule has 3 aliphatic rings. The van der Waals surface area contributed by atoms with Gasteiger partial charge in [-0.25, -0.2) is 0 Å². The monoisotopic (exact) mass is 390 g/mol. The van der Waals surface area contributed by atoms with Crippen molar-refractivity contribution in [3.05, 3.63) is 35.9 Å². The normalized spacial score (nSPS) is 34.0. The highest BCUT2D eigenvalue weighted by atomic mass is 35.5. The van der Waals surface area contributed by atoms with E-state index in [2.05, 4.69) is 42.2 Å². The second-order valence-corrected chi connectivity index (χ2v) is 8.86. The zero-order valence-corrected chi connectivity index (χ0v) is 17.4. The fourth-order valence-electron chi connectivity index (χ4n) is 6.14. The summed E-state index contributed by atoms with van der Waals surface area (Å²) in [5.41, 5.74) is 7.84. The summed E-state index contributed by atoms with van der Waals surface area (Å²) in [5, 5.41) is 0. The molecule has 2 aliphatic carbocycles. The van der Waals surface area contributed by atoms with Crippen molar-refractivity contribution in [1.29, 1.82) is 0 Å². The Hall–Kier alpha value is -1.06. The van der Waals surface area contributed by atoms with Crippen LogP contribution in [0.4, 0.5) is 0 Å². The molecule has 0 radical (unpaired) electrons. The zero-order valence-electron chi connectivity index (χ0n) is 16.6. The van der Waals surface area contributed by atoms with Crippen LogP contribution in [0.25, 0.3) is 0 Å². The molecule has 2 bridgehead atoms. The first-order valence-electron chi connectivity index (χ1n) is 10.8. The Morgan fingerprint density at radius 2 is 1.78 bits per heavy atom. The highest BCUT2D eigenvalue weighted by Gasteiger charge is 2.44. The summed E-state index contributed by atoms with van der Waals surface area (Å²) in [6.07, 6.45) is 9.22. The lowest BCUT2D eigenvalue weighted by Crippen LogP contribution is -2.51. The second kappa shape index (κ2) is 8.96. The highest BCUT2D eigenvalue weighted by Crippen LogP contribution is 2.44. The molecule has 2 saturated carbocycles. The van der Waals surface area contributed by atoms with Crippen molar-refractivity contribution < 1.29 is 4.79 Å². The summed E-state index contributed by atoms with van der Waals surface area (Å²) >= 11 is 0. The van der Waals surface area contributed by atoms with E-state index in [1.165, 1.54) is 24.8 Å². The van der Waals surface area contributed by atoms with Crippen LogP contribution < -0.4 is 5.73 Å². The number of likely N-dealkylation sites (tertiary alicyclic amines) is 1. The molecule has 1 aliphatic heterocycles. The number of halogens is 1. The number of amides is 1. The molecule has 1 aromatic carbocycles. The van der Waals surface area contributed by atoms with Crippen LogP contribution in [0.5, 0.6) is 0 Å². The molecule has 4 heteroatoms. The number of nitrogens with two attached hydrogens (primary N) is 1. The van der Waals surface area contributed by atoms with Gasteiger partial charge in [-0.05, 0) is 62.3 Å². The van der Waals surface area contributed by atoms with Crippen LogP contribution >= 0.6 is 12.4 Å². The minimum Gasteiger partial charge on any atom is -0.339 e. The molecule has 1 amide bonds. The fraction of sp³-hybridized carbons (Fsp3) is 0.696. The predicted octanol–water partition coefficient (Wildman–Crippen LogP) is 4.75. The Kier molecular flexibility index (Phi) is 6.86. The Morgan fingerprint density at radius 1 is 1.11 bits per heavy atom. The third-order valence-electron chi connectivity index (χ3n) is 7.48. The van der Waals surface area contributed by atoms with Crippen molar-refractivity contribution in [2.45, 2.75) is 76.3 Å². The number of hydrogen-bond donors (Lipinski definition) is 1. The van der Waals surface area contributed by atoms with E-state index in [4.69, 9.17) is 5.73 Å². The molecule has 1 aromatic rings. The number of benzene rings is 1. The number of nitrogens with zero attached hydrogens (tertiary/aromatic N) is 1. The second-order valence-electron chi connectivity index (χ2n) is 8.86. The van der Waals surface area contributed by atoms with E-state index in [1.807, 2.05) is 0 Å². The first-order valence-corrected chi connectivity index (χ1v) is 10.8. The van der Waals surface area contributed by atoms with E-state index in [1.54, 1.807) is 0 Å². The molecule has 27 heavy (non-hydrogen) atoms. The fourth-order valence-corrected chi connectivity index (χ4v) is 6.14. The van der Waals surface area contributed by atoms with E-state index in [0.717, 1.165) is 38.6 Å². The average Bonchev–Trinajstić information content (AvgIpc) is 3.12. The molecular weight excluding hydrogens is 356 g/mol. The maximum absolute atomic E-state index is 13.5. The topological polar surface area (TPSA) is 46.3 Å². The van der Waals surface area contributed by atoms with Crippen molar-refractivity contribution in [3.63, 3.8) is 0 Å². The van der Waals surface area contributed by atoms with E-state index >= 15 is 0 Å². The van der Waals surface area contributed by atoms with Crippen LogP contribution in [-0.2, 0) is 4.79 Å². The van der Waals surface area contributed by atoms with Crippen LogP contribution in [-0.4, -0.2) is 29.4 Å². The summed E-state index contributed by atoms with van der Waals surface area (Å²) < 4.78 is 0. The van der Waals surface area contributed by atoms with Gasteiger partial charge in [-0.1, -0.05) is 43.7 Å². The number of carbonyl (C=O) groups is 1. The van der Waals surface area contributed by atoms with E-state index < -0.39 is 0 Å². The SMILES string of the molecule is CCC(c1ccccc1)C1CCCN1C(=O)C1CC2CCCC(C1)C2N.Cl. The van der Waals surface area contributed by atoms with Crippen molar-refractivity contribution in [2.24, 2.45) is 23.5 Å². The minimum atomic E-state index is 0. The van der Waals surface area contributed by atoms with E-state index in [-0.39, 0.29) is 18.3 Å². The molecule has 4 unspecified atom stereocenters. The third-order valence-corrected chi connectivity index (χ3v) is 7.48. The standard InChI is InChI=1S/C23H34N2O.ClH/c1-2-20(16-8-4-3-5-9-16)21-12-7-13-25(21)23(26)19-14-17-10-6-11-18(15-19)22(17)24;/h3-5,8-9,17-22H,2,6-7,10-15,24H2,1H3;1H. The van der Waals surface area contributed by atoms with Gasteiger partial charge >= 0.3 is 0 Å². The summed E-state index contributed by atoms with van der Waals surface area (Å²) in [7, 11) is 0. The largest absolute Gasteiger partial charge is 0.339 e. The van der Waals surface area contributed by atoms with Gasteiger partial charge in [-0.2, -0.15) is 0 Å². The van der Waals surface area contributed by atoms with Gasteiger partial charge in [0.05, 0.1) is 0 Å². The lowest BCUT2D eigenvalue weighted by molar-refractivity contribution is -0.139. The molecule has 4 rings (SSSR count). The van der Waals surface area contributed by atoms with Crippen molar-refractivity contribution in [2.75, 3.05) is 6.54 Å². The van der Waals surface area contributed by atoms with Gasteiger partial charge in [0.2, 0.25) is 5.91 Å². The van der Waals surface area contributed by atoms with Crippen molar-refractivity contribution in [3.8, 4) is 0 Å². The lowest BCUT2D eigenvalue weighted by atomic mass is 9.65. The number of fused-ring (bicyclic) bond motifs is 2. The maximum Gasteiger partial charge on any atom is 0.225 e. The van der Waals surface area contributed by atoms with Gasteiger partial charge in [0, 0.05) is 30.5 Å². The summed E-state index contributed by atoms with van der Waals surface area (Å²) in [6.45, 7) is 3.22. The Bertz CT molecular complexity index is 608. The van der Waals surface area contributed by atoms with Crippen LogP contribution in [0.2, 0.25) is 0 Å². The molecule has 1 heterocycles. The third kappa shape index (κ3) is 4.05. The van der Waals surface area contributed by atoms with Crippen LogP contribution in [0.1, 0.15) is 69.8 Å². The number of carbonyl (C=O) groups excluding carboxylic acids is 1. The molecule has 0 aromatic heterocycles. The van der Waals surface area contributed by atoms with Crippen LogP contribution in [0, 0.1) is 17.8 Å². The summed E-state index contributed by atoms with van der Waals surface area (Å²) in [6, 6.07) is 11.5. The van der Waals surface area contributed by atoms with Gasteiger partial charge < -0.3 is 10.6 Å². The maximum atomic E-state index is 13.5. The Morgan fingerprint density at radius 3 is 2.41 bits per heavy atom. The highest BCUT2D eigenvalue weighted by molar-refractivity contribution is 5.85. The van der Waals surface area contributed by atoms with E-state index in [0.29, 0.717) is 35.7 Å². The molecule has 150 valence electrons. The van der Waals surface area contributed by atoms with Gasteiger partial charge in [-0.15, -0.1) is 12.4 Å². The van der Waals surface area contributed by atoms with Gasteiger partial charge in [0.15, 0.2) is 0 Å². The predicted molar refractivity (Wildman–Crippen MR) is 113 cm³/mol. The quantitative estimate of drug-likeness (QED) is 0.806. The summed E-state index contributed by atoms with van der Waals surface area (Å²) in [5.74, 6) is 2.28. The van der Waals surface area contributed by atoms with Gasteiger partial charge in [0.1, 0.15) is 0 Å². The number of rotatable bonds is 4. The lowest BCUT2D eigenvalue weighted by Gasteiger charge is -2.45. The smallest absolute Gasteiger partial charge is 0.225 e. The molecule has 1 saturated heterocycles. The van der Waals surface area contributed by atoms with Crippen LogP contribution in [0.3, 0.4) is 0 Å². The Labute approximate surface area is 170 Å². The van der Waals surface area contributed by atoms with Crippen molar-refractivity contribution in [1.82, 2.24) is 4.90 Å². The minimum absolute atomic E-state index is 0. The Balaban J connectivity index is 0.00000210. The summed E-state index contributed by atoms with van der Waals surface area (Å²) in [4.78, 5) is 15.7. The zero-order chi connectivity index (χ0) is 18.1. The molecule has 3 fully saturated rings. The molecule has 0 spiro atoms. The van der Waals surface area contributed by atoms with Gasteiger partial charge in [-0.3, -0.25) is 4.79 Å². The number of hydrogen-bond acceptors (Lipinski definition) is 2. The molecule has 2 N–H and O–H groups in total. The van der Waals surface area contributed by atoms with Crippen LogP contribution in [0.15, 0.2) is 30.3 Å². The average molecular weight is 391 g/mol. The van der Waals surface area contributed by atoms with Crippen molar-refractivity contribution >= 4 is 18.3 Å². The molecule has 3 nitrogen and oxygen atoms in total. The molecular formula is C23H35ClN2O. The molecule has 4 atom stereocenters. The first-order chi connectivity index (χ1) is 12.7. The first kappa shape index (κ1) is 20.7.